The third-order valence-electron chi connectivity index (χ3n) is 2.89. The predicted octanol–water partition coefficient (Wildman–Crippen LogP) is 2.73. The number of hydrogen-bond acceptors (Lipinski definition) is 4. The molecule has 1 aliphatic heterocycles. The van der Waals surface area contributed by atoms with Crippen molar-refractivity contribution in [3.63, 3.8) is 0 Å². The molecule has 0 saturated heterocycles. The van der Waals surface area contributed by atoms with Crippen LogP contribution in [-0.4, -0.2) is 4.98 Å². The minimum absolute atomic E-state index is 0.558. The fourth-order valence-corrected chi connectivity index (χ4v) is 1.93. The number of nitrogens with zero attached hydrogens (tertiary/aromatic N) is 2. The first kappa shape index (κ1) is 10.8. The van der Waals surface area contributed by atoms with Crippen LogP contribution in [0.5, 0.6) is 0 Å². The van der Waals surface area contributed by atoms with E-state index in [1.54, 1.807) is 18.3 Å². The molecule has 2 heterocycles. The van der Waals surface area contributed by atoms with E-state index in [1.165, 1.54) is 11.1 Å². The molecule has 1 aliphatic rings. The van der Waals surface area contributed by atoms with E-state index >= 15 is 0 Å². The maximum absolute atomic E-state index is 8.70. The maximum Gasteiger partial charge on any atom is 0.130 e. The first-order valence-electron chi connectivity index (χ1n) is 5.68. The average molecular weight is 237 g/mol. The van der Waals surface area contributed by atoms with E-state index in [2.05, 4.69) is 22.4 Å². The standard InChI is InChI=1S/C14H11N3O/c15-6-10-1-4-14(16-7-10)17-13-3-2-11-8-18-9-12(11)5-13/h1-5,7H,8-9H2,(H,16,17). The van der Waals surface area contributed by atoms with Crippen molar-refractivity contribution in [2.45, 2.75) is 13.2 Å². The van der Waals surface area contributed by atoms with Gasteiger partial charge in [0.2, 0.25) is 0 Å². The molecular formula is C14H11N3O. The molecule has 0 unspecified atom stereocenters. The van der Waals surface area contributed by atoms with Crippen LogP contribution in [0, 0.1) is 11.3 Å². The lowest BCUT2D eigenvalue weighted by atomic mass is 10.1. The van der Waals surface area contributed by atoms with Gasteiger partial charge in [-0.05, 0) is 35.4 Å². The van der Waals surface area contributed by atoms with Gasteiger partial charge in [0, 0.05) is 11.9 Å². The summed E-state index contributed by atoms with van der Waals surface area (Å²) >= 11 is 0. The van der Waals surface area contributed by atoms with Gasteiger partial charge in [-0.25, -0.2) is 4.98 Å². The first-order valence-corrected chi connectivity index (χ1v) is 5.68. The van der Waals surface area contributed by atoms with Crippen LogP contribution in [0.3, 0.4) is 0 Å². The number of nitriles is 1. The smallest absolute Gasteiger partial charge is 0.130 e. The van der Waals surface area contributed by atoms with Gasteiger partial charge in [-0.15, -0.1) is 0 Å². The molecule has 0 amide bonds. The number of hydrogen-bond donors (Lipinski definition) is 1. The zero-order valence-corrected chi connectivity index (χ0v) is 9.68. The highest BCUT2D eigenvalue weighted by molar-refractivity contribution is 5.58. The van der Waals surface area contributed by atoms with Gasteiger partial charge in [-0.3, -0.25) is 0 Å². The van der Waals surface area contributed by atoms with Gasteiger partial charge in [0.1, 0.15) is 11.9 Å². The largest absolute Gasteiger partial charge is 0.372 e. The highest BCUT2D eigenvalue weighted by atomic mass is 16.5. The molecule has 1 N–H and O–H groups in total. The van der Waals surface area contributed by atoms with Crippen molar-refractivity contribution in [3.8, 4) is 6.07 Å². The molecule has 0 radical (unpaired) electrons. The summed E-state index contributed by atoms with van der Waals surface area (Å²) in [6, 6.07) is 11.7. The van der Waals surface area contributed by atoms with Crippen LogP contribution in [0.2, 0.25) is 0 Å². The Kier molecular flexibility index (Phi) is 2.67. The van der Waals surface area contributed by atoms with Crippen molar-refractivity contribution in [3.05, 3.63) is 53.2 Å². The third-order valence-corrected chi connectivity index (χ3v) is 2.89. The van der Waals surface area contributed by atoms with Crippen molar-refractivity contribution >= 4 is 11.5 Å². The Hall–Kier alpha value is -2.38. The molecule has 2 aromatic rings. The van der Waals surface area contributed by atoms with Crippen LogP contribution >= 0.6 is 0 Å². The zero-order valence-electron chi connectivity index (χ0n) is 9.68. The second-order valence-corrected chi connectivity index (χ2v) is 4.15. The van der Waals surface area contributed by atoms with Crippen LogP contribution in [-0.2, 0) is 18.0 Å². The molecule has 0 aliphatic carbocycles. The Morgan fingerprint density at radius 2 is 2.06 bits per heavy atom. The number of pyridine rings is 1. The van der Waals surface area contributed by atoms with E-state index in [0.29, 0.717) is 18.8 Å². The van der Waals surface area contributed by atoms with Crippen LogP contribution < -0.4 is 5.32 Å². The Bertz CT molecular complexity index is 614. The number of ether oxygens (including phenoxy) is 1. The van der Waals surface area contributed by atoms with Gasteiger partial charge in [0.05, 0.1) is 18.8 Å². The Morgan fingerprint density at radius 1 is 1.17 bits per heavy atom. The fourth-order valence-electron chi connectivity index (χ4n) is 1.93. The van der Waals surface area contributed by atoms with Crippen LogP contribution in [0.1, 0.15) is 16.7 Å². The molecule has 18 heavy (non-hydrogen) atoms. The Labute approximate surface area is 105 Å². The van der Waals surface area contributed by atoms with E-state index in [1.807, 2.05) is 12.1 Å². The van der Waals surface area contributed by atoms with E-state index in [0.717, 1.165) is 11.5 Å². The second kappa shape index (κ2) is 4.47. The van der Waals surface area contributed by atoms with Gasteiger partial charge in [0.25, 0.3) is 0 Å². The van der Waals surface area contributed by atoms with Crippen molar-refractivity contribution in [1.29, 1.82) is 5.26 Å². The van der Waals surface area contributed by atoms with Crippen molar-refractivity contribution in [2.24, 2.45) is 0 Å². The molecule has 88 valence electrons. The van der Waals surface area contributed by atoms with Crippen molar-refractivity contribution in [2.75, 3.05) is 5.32 Å². The summed E-state index contributed by atoms with van der Waals surface area (Å²) in [6.07, 6.45) is 1.55. The molecule has 0 fully saturated rings. The van der Waals surface area contributed by atoms with Gasteiger partial charge in [0.15, 0.2) is 0 Å². The monoisotopic (exact) mass is 237 g/mol. The van der Waals surface area contributed by atoms with Crippen LogP contribution in [0.25, 0.3) is 0 Å². The zero-order chi connectivity index (χ0) is 12.4. The predicted molar refractivity (Wildman–Crippen MR) is 67.2 cm³/mol. The quantitative estimate of drug-likeness (QED) is 0.872. The number of nitrogens with one attached hydrogen (secondary N) is 1. The fraction of sp³-hybridized carbons (Fsp3) is 0.143. The highest BCUT2D eigenvalue weighted by Gasteiger charge is 2.11. The van der Waals surface area contributed by atoms with Crippen LogP contribution in [0.15, 0.2) is 36.5 Å². The van der Waals surface area contributed by atoms with Crippen LogP contribution in [0.4, 0.5) is 11.5 Å². The van der Waals surface area contributed by atoms with E-state index in [9.17, 15) is 0 Å². The number of anilines is 2. The van der Waals surface area contributed by atoms with Crippen molar-refractivity contribution in [1.82, 2.24) is 4.98 Å². The highest BCUT2D eigenvalue weighted by Crippen LogP contribution is 2.24. The summed E-state index contributed by atoms with van der Waals surface area (Å²) < 4.78 is 5.37. The average Bonchev–Trinajstić information content (AvgIpc) is 2.87. The lowest BCUT2D eigenvalue weighted by Gasteiger charge is -2.06. The lowest BCUT2D eigenvalue weighted by Crippen LogP contribution is -1.94. The second-order valence-electron chi connectivity index (χ2n) is 4.15. The molecule has 0 bridgehead atoms. The molecule has 4 nitrogen and oxygen atoms in total. The van der Waals surface area contributed by atoms with E-state index in [4.69, 9.17) is 10.00 Å². The number of benzene rings is 1. The topological polar surface area (TPSA) is 57.9 Å². The van der Waals surface area contributed by atoms with Gasteiger partial charge >= 0.3 is 0 Å². The maximum atomic E-state index is 8.70. The number of rotatable bonds is 2. The number of fused-ring (bicyclic) bond motifs is 1. The first-order chi connectivity index (χ1) is 8.85. The molecule has 0 saturated carbocycles. The van der Waals surface area contributed by atoms with E-state index in [-0.39, 0.29) is 0 Å². The molecule has 3 rings (SSSR count). The Morgan fingerprint density at radius 3 is 2.83 bits per heavy atom. The summed E-state index contributed by atoms with van der Waals surface area (Å²) in [5, 5.41) is 11.9. The third kappa shape index (κ3) is 2.04. The minimum atomic E-state index is 0.558. The molecule has 1 aromatic carbocycles. The minimum Gasteiger partial charge on any atom is -0.372 e. The summed E-state index contributed by atoms with van der Waals surface area (Å²) in [5.74, 6) is 0.730. The normalized spacial score (nSPS) is 12.8. The summed E-state index contributed by atoms with van der Waals surface area (Å²) in [5.41, 5.74) is 4.00. The summed E-state index contributed by atoms with van der Waals surface area (Å²) in [6.45, 7) is 1.37. The molecule has 4 heteroatoms. The lowest BCUT2D eigenvalue weighted by molar-refractivity contribution is 0.134. The van der Waals surface area contributed by atoms with Gasteiger partial charge in [-0.1, -0.05) is 6.07 Å². The van der Waals surface area contributed by atoms with Gasteiger partial charge in [-0.2, -0.15) is 5.26 Å². The molecular weight excluding hydrogens is 226 g/mol. The molecule has 0 atom stereocenters. The SMILES string of the molecule is N#Cc1ccc(Nc2ccc3c(c2)COC3)nc1. The Balaban J connectivity index is 1.81. The van der Waals surface area contributed by atoms with Crippen molar-refractivity contribution < 1.29 is 4.74 Å². The summed E-state index contributed by atoms with van der Waals surface area (Å²) in [4.78, 5) is 4.17. The number of aromatic nitrogens is 1. The molecule has 0 spiro atoms. The van der Waals surface area contributed by atoms with E-state index < -0.39 is 0 Å². The molecule has 1 aromatic heterocycles. The summed E-state index contributed by atoms with van der Waals surface area (Å²) in [7, 11) is 0. The van der Waals surface area contributed by atoms with Gasteiger partial charge < -0.3 is 10.1 Å².